The molecule has 1 amide bonds. The molecule has 138 valence electrons. The fourth-order valence-electron chi connectivity index (χ4n) is 2.74. The summed E-state index contributed by atoms with van der Waals surface area (Å²) in [5.74, 6) is -5.27. The SMILES string of the molecule is O=C(c1ccccc1)N1CCN(S(=O)(=O)c2ccc(F)c(F)c2F)CC1. The van der Waals surface area contributed by atoms with Crippen molar-refractivity contribution in [2.24, 2.45) is 0 Å². The topological polar surface area (TPSA) is 57.7 Å². The van der Waals surface area contributed by atoms with E-state index in [1.165, 1.54) is 4.90 Å². The highest BCUT2D eigenvalue weighted by atomic mass is 32.2. The van der Waals surface area contributed by atoms with Gasteiger partial charge in [0.1, 0.15) is 4.90 Å². The molecule has 9 heteroatoms. The van der Waals surface area contributed by atoms with Gasteiger partial charge in [-0.25, -0.2) is 21.6 Å². The molecule has 1 aliphatic rings. The largest absolute Gasteiger partial charge is 0.336 e. The Labute approximate surface area is 148 Å². The van der Waals surface area contributed by atoms with E-state index in [2.05, 4.69) is 0 Å². The van der Waals surface area contributed by atoms with Crippen LogP contribution in [0.25, 0.3) is 0 Å². The molecule has 0 saturated carbocycles. The molecule has 5 nitrogen and oxygen atoms in total. The van der Waals surface area contributed by atoms with Gasteiger partial charge in [-0.15, -0.1) is 0 Å². The van der Waals surface area contributed by atoms with Gasteiger partial charge in [0.25, 0.3) is 5.91 Å². The lowest BCUT2D eigenvalue weighted by Gasteiger charge is -2.34. The minimum absolute atomic E-state index is 0.0701. The quantitative estimate of drug-likeness (QED) is 0.763. The number of nitrogens with zero attached hydrogens (tertiary/aromatic N) is 2. The van der Waals surface area contributed by atoms with E-state index < -0.39 is 32.4 Å². The zero-order valence-corrected chi connectivity index (χ0v) is 14.3. The molecule has 0 bridgehead atoms. The van der Waals surface area contributed by atoms with Crippen LogP contribution in [0.15, 0.2) is 47.4 Å². The van der Waals surface area contributed by atoms with Gasteiger partial charge in [0.15, 0.2) is 17.5 Å². The molecule has 0 atom stereocenters. The van der Waals surface area contributed by atoms with E-state index in [1.54, 1.807) is 30.3 Å². The fraction of sp³-hybridized carbons (Fsp3) is 0.235. The first-order valence-electron chi connectivity index (χ1n) is 7.80. The molecule has 2 aromatic carbocycles. The maximum Gasteiger partial charge on any atom is 0.253 e. The van der Waals surface area contributed by atoms with Gasteiger partial charge >= 0.3 is 0 Å². The second-order valence-corrected chi connectivity index (χ2v) is 7.64. The van der Waals surface area contributed by atoms with Crippen molar-refractivity contribution >= 4 is 15.9 Å². The van der Waals surface area contributed by atoms with Gasteiger partial charge in [-0.3, -0.25) is 4.79 Å². The zero-order chi connectivity index (χ0) is 18.9. The highest BCUT2D eigenvalue weighted by Gasteiger charge is 2.33. The van der Waals surface area contributed by atoms with Gasteiger partial charge in [0.2, 0.25) is 10.0 Å². The Morgan fingerprint density at radius 2 is 1.46 bits per heavy atom. The summed E-state index contributed by atoms with van der Waals surface area (Å²) in [6.45, 7) is 0.0786. The third-order valence-corrected chi connectivity index (χ3v) is 6.08. The molecule has 1 fully saturated rings. The van der Waals surface area contributed by atoms with Gasteiger partial charge in [-0.2, -0.15) is 4.31 Å². The highest BCUT2D eigenvalue weighted by Crippen LogP contribution is 2.24. The number of carbonyl (C=O) groups is 1. The Bertz CT molecular complexity index is 928. The second-order valence-electron chi connectivity index (χ2n) is 5.74. The van der Waals surface area contributed by atoms with Gasteiger partial charge < -0.3 is 4.90 Å². The predicted octanol–water partition coefficient (Wildman–Crippen LogP) is 2.25. The number of amides is 1. The molecule has 0 aromatic heterocycles. The lowest BCUT2D eigenvalue weighted by Crippen LogP contribution is -2.50. The molecule has 0 aliphatic carbocycles. The molecule has 0 radical (unpaired) electrons. The minimum atomic E-state index is -4.33. The van der Waals surface area contributed by atoms with E-state index in [9.17, 15) is 26.4 Å². The summed E-state index contributed by atoms with van der Waals surface area (Å²) in [6, 6.07) is 9.80. The van der Waals surface area contributed by atoms with Crippen molar-refractivity contribution in [3.8, 4) is 0 Å². The third kappa shape index (κ3) is 3.32. The number of hydrogen-bond acceptors (Lipinski definition) is 3. The van der Waals surface area contributed by atoms with Crippen LogP contribution in [0.5, 0.6) is 0 Å². The Balaban J connectivity index is 1.75. The molecule has 1 heterocycles. The van der Waals surface area contributed by atoms with Crippen molar-refractivity contribution in [2.75, 3.05) is 26.2 Å². The molecule has 3 rings (SSSR count). The van der Waals surface area contributed by atoms with Crippen LogP contribution < -0.4 is 0 Å². The van der Waals surface area contributed by atoms with E-state index in [0.29, 0.717) is 17.7 Å². The Hall–Kier alpha value is -2.39. The van der Waals surface area contributed by atoms with Crippen LogP contribution in [0.1, 0.15) is 10.4 Å². The van der Waals surface area contributed by atoms with Gasteiger partial charge in [-0.1, -0.05) is 18.2 Å². The molecule has 26 heavy (non-hydrogen) atoms. The van der Waals surface area contributed by atoms with Crippen molar-refractivity contribution in [3.63, 3.8) is 0 Å². The Morgan fingerprint density at radius 3 is 2.08 bits per heavy atom. The Kier molecular flexibility index (Phi) is 5.01. The minimum Gasteiger partial charge on any atom is -0.336 e. The van der Waals surface area contributed by atoms with Gasteiger partial charge in [-0.05, 0) is 24.3 Å². The van der Waals surface area contributed by atoms with Crippen LogP contribution >= 0.6 is 0 Å². The molecule has 0 N–H and O–H groups in total. The van der Waals surface area contributed by atoms with Gasteiger partial charge in [0, 0.05) is 31.7 Å². The fourth-order valence-corrected chi connectivity index (χ4v) is 4.22. The van der Waals surface area contributed by atoms with Crippen LogP contribution in [0.3, 0.4) is 0 Å². The van der Waals surface area contributed by atoms with E-state index in [0.717, 1.165) is 4.31 Å². The molecule has 2 aromatic rings. The lowest BCUT2D eigenvalue weighted by molar-refractivity contribution is 0.0697. The first kappa shape index (κ1) is 18.4. The van der Waals surface area contributed by atoms with Crippen molar-refractivity contribution in [2.45, 2.75) is 4.90 Å². The van der Waals surface area contributed by atoms with Crippen LogP contribution in [0.2, 0.25) is 0 Å². The monoisotopic (exact) mass is 384 g/mol. The predicted molar refractivity (Wildman–Crippen MR) is 87.4 cm³/mol. The summed E-state index contributed by atoms with van der Waals surface area (Å²) in [5, 5.41) is 0. The van der Waals surface area contributed by atoms with E-state index in [1.807, 2.05) is 0 Å². The molecule has 0 unspecified atom stereocenters. The first-order chi connectivity index (χ1) is 12.3. The maximum atomic E-state index is 13.9. The van der Waals surface area contributed by atoms with Crippen LogP contribution in [0.4, 0.5) is 13.2 Å². The van der Waals surface area contributed by atoms with E-state index >= 15 is 0 Å². The zero-order valence-electron chi connectivity index (χ0n) is 13.5. The van der Waals surface area contributed by atoms with E-state index in [-0.39, 0.29) is 32.1 Å². The normalized spacial score (nSPS) is 15.9. The summed E-state index contributed by atoms with van der Waals surface area (Å²) in [6.07, 6.45) is 0. The average Bonchev–Trinajstić information content (AvgIpc) is 2.66. The number of halogens is 3. The average molecular weight is 384 g/mol. The molecule has 1 saturated heterocycles. The summed E-state index contributed by atoms with van der Waals surface area (Å²) >= 11 is 0. The van der Waals surface area contributed by atoms with Gasteiger partial charge in [0.05, 0.1) is 0 Å². The van der Waals surface area contributed by atoms with Crippen molar-refractivity contribution in [1.82, 2.24) is 9.21 Å². The third-order valence-electron chi connectivity index (χ3n) is 4.16. The molecule has 0 spiro atoms. The summed E-state index contributed by atoms with van der Waals surface area (Å²) in [7, 11) is -4.33. The van der Waals surface area contributed by atoms with E-state index in [4.69, 9.17) is 0 Å². The smallest absolute Gasteiger partial charge is 0.253 e. The van der Waals surface area contributed by atoms with Crippen molar-refractivity contribution in [1.29, 1.82) is 0 Å². The number of benzene rings is 2. The summed E-state index contributed by atoms with van der Waals surface area (Å²) < 4.78 is 66.2. The number of rotatable bonds is 3. The standard InChI is InChI=1S/C17H15F3N2O3S/c18-13-6-7-14(16(20)15(13)19)26(24,25)22-10-8-21(9-11-22)17(23)12-4-2-1-3-5-12/h1-7H,8-11H2. The lowest BCUT2D eigenvalue weighted by atomic mass is 10.2. The summed E-state index contributed by atoms with van der Waals surface area (Å²) in [5.41, 5.74) is 0.482. The van der Waals surface area contributed by atoms with Crippen LogP contribution in [-0.2, 0) is 10.0 Å². The summed E-state index contributed by atoms with van der Waals surface area (Å²) in [4.78, 5) is 12.9. The highest BCUT2D eigenvalue weighted by molar-refractivity contribution is 7.89. The first-order valence-corrected chi connectivity index (χ1v) is 9.24. The molecular weight excluding hydrogens is 369 g/mol. The van der Waals surface area contributed by atoms with Crippen LogP contribution in [-0.4, -0.2) is 49.7 Å². The number of hydrogen-bond donors (Lipinski definition) is 0. The number of sulfonamides is 1. The Morgan fingerprint density at radius 1 is 0.846 bits per heavy atom. The molecular formula is C17H15F3N2O3S. The second kappa shape index (κ2) is 7.08. The number of piperazine rings is 1. The molecule has 1 aliphatic heterocycles. The van der Waals surface area contributed by atoms with Crippen molar-refractivity contribution < 1.29 is 26.4 Å². The number of carbonyl (C=O) groups excluding carboxylic acids is 1. The maximum absolute atomic E-state index is 13.9. The van der Waals surface area contributed by atoms with Crippen molar-refractivity contribution in [3.05, 3.63) is 65.5 Å². The van der Waals surface area contributed by atoms with Crippen LogP contribution in [0, 0.1) is 17.5 Å².